The van der Waals surface area contributed by atoms with Crippen LogP contribution in [0.25, 0.3) is 21.8 Å². The summed E-state index contributed by atoms with van der Waals surface area (Å²) < 4.78 is 0. The molecule has 0 saturated carbocycles. The van der Waals surface area contributed by atoms with Gasteiger partial charge in [-0.1, -0.05) is 36.4 Å². The van der Waals surface area contributed by atoms with E-state index in [1.54, 1.807) is 60.9 Å². The molecule has 4 aromatic heterocycles. The monoisotopic (exact) mass is 1260 g/mol. The standard InChI is InChI=1S/C58H73N17O16/c1-29(59)49(81)67-38(12-14-47(60)78)50(82)71-42(19-32-23-61-27-65-32)54(86)70-41(18-31-22-64-37-10-5-3-8-35(31)37)53(85)73-44(25-76)55(87)68-39(13-15-48(79)80)51(83)69-40(17-30-21-63-36-9-4-2-7-34(30)36)52(84)74-45(26-77)56(88)72-43(20-33-24-62-28-66-33)57(89)75-16-6-11-46(75)58(90)91/h2-5,7-10,21-24,27-29,38-46,63-64,76-77H,6,11-20,25-26,59H2,1H3,(H2,60,78)(H,61,65)(H,62,66)(H,67,81)(H,68,87)(H,69,83)(H,70,86)(H,71,82)(H,72,88)(H,73,85)(H,74,84)(H,79,80)(H,90,91)/t29-,38-,39-,40-,41-,42-,43-,44-,45-,46-/m0/s1. The van der Waals surface area contributed by atoms with Crippen molar-refractivity contribution in [3.63, 3.8) is 0 Å². The van der Waals surface area contributed by atoms with Gasteiger partial charge in [-0.15, -0.1) is 0 Å². The Morgan fingerprint density at radius 2 is 0.934 bits per heavy atom. The van der Waals surface area contributed by atoms with E-state index in [0.717, 1.165) is 4.90 Å². The average Bonchev–Trinajstić information content (AvgIpc) is 2.28. The smallest absolute Gasteiger partial charge is 0.326 e. The molecule has 486 valence electrons. The number of nitrogens with one attached hydrogen (secondary N) is 12. The Kier molecular flexibility index (Phi) is 24.0. The number of nitrogens with two attached hydrogens (primary N) is 2. The first-order valence-electron chi connectivity index (χ1n) is 29.0. The van der Waals surface area contributed by atoms with Gasteiger partial charge in [0.2, 0.25) is 59.1 Å². The number of carboxylic acid groups (broad SMARTS) is 2. The summed E-state index contributed by atoms with van der Waals surface area (Å²) in [5.74, 6) is -12.6. The number of aliphatic hydroxyl groups is 2. The molecule has 7 rings (SSSR count). The van der Waals surface area contributed by atoms with E-state index in [-0.39, 0.29) is 51.5 Å². The van der Waals surface area contributed by atoms with E-state index in [1.807, 2.05) is 0 Å². The molecule has 0 bridgehead atoms. The molecule has 6 aromatic rings. The first-order valence-corrected chi connectivity index (χ1v) is 29.0. The number of aliphatic carboxylic acids is 2. The van der Waals surface area contributed by atoms with Crippen molar-refractivity contribution >= 4 is 92.8 Å². The summed E-state index contributed by atoms with van der Waals surface area (Å²) in [6.07, 6.45) is 5.82. The molecule has 0 aliphatic carbocycles. The predicted molar refractivity (Wildman–Crippen MR) is 320 cm³/mol. The topological polar surface area (TPSA) is 526 Å². The Morgan fingerprint density at radius 3 is 1.36 bits per heavy atom. The summed E-state index contributed by atoms with van der Waals surface area (Å²) in [4.78, 5) is 184. The van der Waals surface area contributed by atoms with Gasteiger partial charge < -0.3 is 99.3 Å². The van der Waals surface area contributed by atoms with Gasteiger partial charge in [0.05, 0.1) is 31.9 Å². The molecule has 1 aliphatic heterocycles. The molecule has 91 heavy (non-hydrogen) atoms. The number of para-hydroxylation sites is 2. The molecule has 20 N–H and O–H groups in total. The third kappa shape index (κ3) is 18.7. The maximum atomic E-state index is 14.6. The van der Waals surface area contributed by atoms with Crippen LogP contribution < -0.4 is 54.0 Å². The lowest BCUT2D eigenvalue weighted by Gasteiger charge is -2.29. The Labute approximate surface area is 517 Å². The number of aromatic amines is 4. The van der Waals surface area contributed by atoms with E-state index in [0.29, 0.717) is 50.7 Å². The zero-order chi connectivity index (χ0) is 65.9. The zero-order valence-corrected chi connectivity index (χ0v) is 49.2. The van der Waals surface area contributed by atoms with Crippen molar-refractivity contribution in [1.29, 1.82) is 0 Å². The lowest BCUT2D eigenvalue weighted by molar-refractivity contribution is -0.149. The lowest BCUT2D eigenvalue weighted by atomic mass is 10.0. The second kappa shape index (κ2) is 32.1. The van der Waals surface area contributed by atoms with Crippen LogP contribution >= 0.6 is 0 Å². The molecule has 0 spiro atoms. The second-order valence-electron chi connectivity index (χ2n) is 21.8. The van der Waals surface area contributed by atoms with Crippen LogP contribution in [-0.4, -0.2) is 206 Å². The normalized spacial score (nSPS) is 15.9. The van der Waals surface area contributed by atoms with Gasteiger partial charge in [0.1, 0.15) is 54.4 Å². The number of carbonyl (C=O) groups is 12. The number of aromatic nitrogens is 6. The summed E-state index contributed by atoms with van der Waals surface area (Å²) in [5, 5.41) is 61.9. The third-order valence-corrected chi connectivity index (χ3v) is 15.1. The number of amides is 10. The van der Waals surface area contributed by atoms with E-state index in [4.69, 9.17) is 11.5 Å². The molecule has 1 saturated heterocycles. The average molecular weight is 1260 g/mol. The Bertz CT molecular complexity index is 3570. The highest BCUT2D eigenvalue weighted by atomic mass is 16.4. The first-order chi connectivity index (χ1) is 43.5. The van der Waals surface area contributed by atoms with Crippen LogP contribution in [0.3, 0.4) is 0 Å². The predicted octanol–water partition coefficient (Wildman–Crippen LogP) is -4.22. The Hall–Kier alpha value is -10.5. The van der Waals surface area contributed by atoms with Crippen molar-refractivity contribution in [2.75, 3.05) is 19.8 Å². The third-order valence-electron chi connectivity index (χ3n) is 15.1. The van der Waals surface area contributed by atoms with Gasteiger partial charge in [0.15, 0.2) is 0 Å². The van der Waals surface area contributed by atoms with Crippen molar-refractivity contribution in [3.05, 3.63) is 108 Å². The molecule has 1 fully saturated rings. The molecule has 0 unspecified atom stereocenters. The number of imidazole rings is 2. The zero-order valence-electron chi connectivity index (χ0n) is 49.2. The highest BCUT2D eigenvalue weighted by Crippen LogP contribution is 2.23. The van der Waals surface area contributed by atoms with Gasteiger partial charge in [-0.3, -0.25) is 52.7 Å². The van der Waals surface area contributed by atoms with Crippen molar-refractivity contribution in [2.45, 2.75) is 132 Å². The van der Waals surface area contributed by atoms with Crippen molar-refractivity contribution < 1.29 is 78.0 Å². The Balaban J connectivity index is 1.12. The fourth-order valence-electron chi connectivity index (χ4n) is 10.3. The maximum absolute atomic E-state index is 14.6. The van der Waals surface area contributed by atoms with Crippen LogP contribution in [-0.2, 0) is 83.2 Å². The SMILES string of the molecule is C[C@H](N)C(=O)N[C@@H](CCC(N)=O)C(=O)N[C@@H](Cc1cnc[nH]1)C(=O)N[C@@H](Cc1c[nH]c2ccccc12)C(=O)N[C@@H](CO)C(=O)N[C@@H](CCC(=O)O)C(=O)N[C@@H](Cc1c[nH]c2ccccc12)C(=O)N[C@@H](CO)C(=O)N[C@@H](Cc1cnc[nH]1)C(=O)N1CCC[C@H]1C(=O)O. The number of carboxylic acids is 2. The minimum atomic E-state index is -1.94. The largest absolute Gasteiger partial charge is 0.481 e. The van der Waals surface area contributed by atoms with Crippen LogP contribution in [0.5, 0.6) is 0 Å². The highest BCUT2D eigenvalue weighted by Gasteiger charge is 2.40. The number of H-pyrrole nitrogens is 4. The summed E-state index contributed by atoms with van der Waals surface area (Å²) in [7, 11) is 0. The minimum Gasteiger partial charge on any atom is -0.481 e. The van der Waals surface area contributed by atoms with Gasteiger partial charge in [-0.2, -0.15) is 0 Å². The van der Waals surface area contributed by atoms with E-state index in [9.17, 15) is 78.0 Å². The number of primary amides is 1. The molecule has 33 heteroatoms. The molecule has 2 aromatic carbocycles. The number of benzene rings is 2. The number of carbonyl (C=O) groups excluding carboxylic acids is 10. The highest BCUT2D eigenvalue weighted by molar-refractivity contribution is 6.00. The fraction of sp³-hybridized carbons (Fsp3) is 0.414. The minimum absolute atomic E-state index is 0.0697. The number of aliphatic hydroxyl groups excluding tert-OH is 2. The number of hydrogen-bond acceptors (Lipinski definition) is 17. The number of hydrogen-bond donors (Lipinski definition) is 18. The van der Waals surface area contributed by atoms with Gasteiger partial charge in [0, 0.05) is 103 Å². The van der Waals surface area contributed by atoms with Crippen LogP contribution in [0.1, 0.15) is 68.0 Å². The summed E-state index contributed by atoms with van der Waals surface area (Å²) in [6, 6.07) is -1.74. The van der Waals surface area contributed by atoms with Crippen molar-refractivity contribution in [3.8, 4) is 0 Å². The second-order valence-corrected chi connectivity index (χ2v) is 21.8. The molecule has 1 aliphatic rings. The number of rotatable bonds is 34. The van der Waals surface area contributed by atoms with Gasteiger partial charge >= 0.3 is 11.9 Å². The lowest BCUT2D eigenvalue weighted by Crippen LogP contribution is -2.62. The first kappa shape index (κ1) is 68.0. The number of fused-ring (bicyclic) bond motifs is 2. The quantitative estimate of drug-likeness (QED) is 0.0182. The van der Waals surface area contributed by atoms with E-state index in [1.165, 1.54) is 32.0 Å². The Morgan fingerprint density at radius 1 is 0.538 bits per heavy atom. The number of nitrogens with zero attached hydrogens (tertiary/aromatic N) is 3. The molecule has 33 nitrogen and oxygen atoms in total. The van der Waals surface area contributed by atoms with Crippen molar-refractivity contribution in [2.24, 2.45) is 11.5 Å². The van der Waals surface area contributed by atoms with Crippen molar-refractivity contribution in [1.82, 2.24) is 77.3 Å². The summed E-state index contributed by atoms with van der Waals surface area (Å²) in [5.41, 5.74) is 13.9. The van der Waals surface area contributed by atoms with Gasteiger partial charge in [0.25, 0.3) is 0 Å². The van der Waals surface area contributed by atoms with E-state index >= 15 is 0 Å². The van der Waals surface area contributed by atoms with E-state index in [2.05, 4.69) is 72.4 Å². The maximum Gasteiger partial charge on any atom is 0.326 e. The summed E-state index contributed by atoms with van der Waals surface area (Å²) in [6.45, 7) is -0.791. The van der Waals surface area contributed by atoms with Crippen LogP contribution in [0.15, 0.2) is 86.0 Å². The van der Waals surface area contributed by atoms with Crippen LogP contribution in [0.2, 0.25) is 0 Å². The molecule has 5 heterocycles. The van der Waals surface area contributed by atoms with Gasteiger partial charge in [-0.25, -0.2) is 14.8 Å². The van der Waals surface area contributed by atoms with Gasteiger partial charge in [-0.05, 0) is 55.9 Å². The van der Waals surface area contributed by atoms with Crippen LogP contribution in [0.4, 0.5) is 0 Å². The number of likely N-dealkylation sites (tertiary alicyclic amines) is 1. The molecular formula is C58H73N17O16. The molecule has 0 radical (unpaired) electrons. The molecule has 10 amide bonds. The molecular weight excluding hydrogens is 1190 g/mol. The fourth-order valence-corrected chi connectivity index (χ4v) is 10.3. The van der Waals surface area contributed by atoms with Crippen LogP contribution in [0, 0.1) is 0 Å². The summed E-state index contributed by atoms with van der Waals surface area (Å²) >= 11 is 0. The van der Waals surface area contributed by atoms with E-state index < -0.39 is 157 Å². The molecule has 10 atom stereocenters.